The number of ether oxygens (including phenoxy) is 1. The van der Waals surface area contributed by atoms with Crippen LogP contribution in [-0.4, -0.2) is 23.2 Å². The molecule has 0 spiro atoms. The molecule has 3 rings (SSSR count). The van der Waals surface area contributed by atoms with Gasteiger partial charge in [-0.25, -0.2) is 10.2 Å². The summed E-state index contributed by atoms with van der Waals surface area (Å²) >= 11 is 0. The monoisotopic (exact) mass is 390 g/mol. The van der Waals surface area contributed by atoms with E-state index in [4.69, 9.17) is 9.15 Å². The van der Waals surface area contributed by atoms with Crippen molar-refractivity contribution < 1.29 is 23.8 Å². The summed E-state index contributed by atoms with van der Waals surface area (Å²) < 4.78 is 10.3. The van der Waals surface area contributed by atoms with Gasteiger partial charge in [0.2, 0.25) is 0 Å². The maximum Gasteiger partial charge on any atom is 0.336 e. The predicted molar refractivity (Wildman–Crippen MR) is 107 cm³/mol. The molecule has 29 heavy (non-hydrogen) atoms. The zero-order valence-electron chi connectivity index (χ0n) is 15.3. The molecule has 2 aromatic carbocycles. The van der Waals surface area contributed by atoms with Crippen LogP contribution < -0.4 is 10.2 Å². The van der Waals surface area contributed by atoms with Crippen molar-refractivity contribution in [1.29, 1.82) is 0 Å². The molecule has 0 fully saturated rings. The van der Waals surface area contributed by atoms with Crippen molar-refractivity contribution in [2.45, 2.75) is 6.10 Å². The molecule has 0 unspecified atom stereocenters. The average Bonchev–Trinajstić information content (AvgIpc) is 3.27. The molecule has 0 saturated heterocycles. The van der Waals surface area contributed by atoms with Crippen LogP contribution in [0.25, 0.3) is 6.08 Å². The van der Waals surface area contributed by atoms with E-state index in [1.807, 2.05) is 0 Å². The van der Waals surface area contributed by atoms with E-state index >= 15 is 0 Å². The lowest BCUT2D eigenvalue weighted by Gasteiger charge is -2.08. The van der Waals surface area contributed by atoms with Crippen molar-refractivity contribution in [3.63, 3.8) is 0 Å². The van der Waals surface area contributed by atoms with Crippen LogP contribution in [0.1, 0.15) is 23.0 Å². The van der Waals surface area contributed by atoms with Crippen LogP contribution in [0.2, 0.25) is 0 Å². The molecule has 3 aromatic rings. The van der Waals surface area contributed by atoms with Gasteiger partial charge < -0.3 is 14.3 Å². The number of amides is 1. The maximum atomic E-state index is 11.9. The Kier molecular flexibility index (Phi) is 6.70. The molecule has 1 atom stereocenters. The Morgan fingerprint density at radius 2 is 1.79 bits per heavy atom. The van der Waals surface area contributed by atoms with Crippen LogP contribution in [0.5, 0.6) is 5.75 Å². The second kappa shape index (κ2) is 9.82. The lowest BCUT2D eigenvalue weighted by Crippen LogP contribution is -2.25. The van der Waals surface area contributed by atoms with Crippen LogP contribution in [0.3, 0.4) is 0 Å². The first-order valence-electron chi connectivity index (χ1n) is 8.71. The number of benzene rings is 2. The minimum Gasteiger partial charge on any atom is -0.465 e. The van der Waals surface area contributed by atoms with Gasteiger partial charge in [0.15, 0.2) is 6.10 Å². The molecule has 7 nitrogen and oxygen atoms in total. The molecule has 0 radical (unpaired) electrons. The summed E-state index contributed by atoms with van der Waals surface area (Å²) in [6.07, 6.45) is 4.40. The molecule has 146 valence electrons. The van der Waals surface area contributed by atoms with Crippen molar-refractivity contribution in [3.05, 3.63) is 96.0 Å². The molecule has 1 amide bonds. The first kappa shape index (κ1) is 19.8. The Morgan fingerprint density at radius 3 is 2.48 bits per heavy atom. The number of hydrogen-bond donors (Lipinski definition) is 2. The minimum absolute atomic E-state index is 0.361. The number of carbonyl (C=O) groups excluding carboxylic acids is 2. The van der Waals surface area contributed by atoms with E-state index in [1.165, 1.54) is 24.6 Å². The van der Waals surface area contributed by atoms with Gasteiger partial charge in [0, 0.05) is 6.08 Å². The summed E-state index contributed by atoms with van der Waals surface area (Å²) in [7, 11) is 0. The number of nitrogens with one attached hydrogen (secondary N) is 1. The number of carbonyl (C=O) groups is 2. The summed E-state index contributed by atoms with van der Waals surface area (Å²) in [6.45, 7) is 0. The van der Waals surface area contributed by atoms with Crippen molar-refractivity contribution in [2.24, 2.45) is 5.10 Å². The highest BCUT2D eigenvalue weighted by molar-refractivity contribution is 5.88. The molecule has 0 aliphatic carbocycles. The van der Waals surface area contributed by atoms with E-state index in [0.29, 0.717) is 22.6 Å². The van der Waals surface area contributed by atoms with Crippen LogP contribution in [0, 0.1) is 0 Å². The van der Waals surface area contributed by atoms with Crippen LogP contribution in [0.15, 0.2) is 88.6 Å². The zero-order chi connectivity index (χ0) is 20.5. The second-order valence-corrected chi connectivity index (χ2v) is 5.89. The van der Waals surface area contributed by atoms with Gasteiger partial charge in [-0.3, -0.25) is 4.79 Å². The first-order chi connectivity index (χ1) is 14.1. The molecular weight excluding hydrogens is 372 g/mol. The number of rotatable bonds is 7. The summed E-state index contributed by atoms with van der Waals surface area (Å²) in [4.78, 5) is 23.7. The summed E-state index contributed by atoms with van der Waals surface area (Å²) in [5, 5.41) is 13.8. The highest BCUT2D eigenvalue weighted by Crippen LogP contribution is 2.13. The number of hydrazone groups is 1. The molecule has 7 heteroatoms. The van der Waals surface area contributed by atoms with Crippen LogP contribution in [0.4, 0.5) is 0 Å². The van der Waals surface area contributed by atoms with Gasteiger partial charge in [-0.1, -0.05) is 30.3 Å². The molecular formula is C22H18N2O5. The van der Waals surface area contributed by atoms with Crippen LogP contribution in [-0.2, 0) is 9.59 Å². The average molecular weight is 390 g/mol. The number of esters is 1. The Labute approximate surface area is 166 Å². The molecule has 0 aliphatic rings. The quantitative estimate of drug-likeness (QED) is 0.212. The van der Waals surface area contributed by atoms with E-state index in [0.717, 1.165) is 0 Å². The lowest BCUT2D eigenvalue weighted by molar-refractivity contribution is -0.130. The number of aliphatic hydroxyl groups is 1. The normalized spacial score (nSPS) is 12.2. The van der Waals surface area contributed by atoms with Crippen molar-refractivity contribution in [1.82, 2.24) is 5.43 Å². The summed E-state index contributed by atoms with van der Waals surface area (Å²) in [5.41, 5.74) is 3.43. The van der Waals surface area contributed by atoms with Crippen molar-refractivity contribution in [2.75, 3.05) is 0 Å². The highest BCUT2D eigenvalue weighted by atomic mass is 16.5. The number of furan rings is 1. The summed E-state index contributed by atoms with van der Waals surface area (Å²) in [5.74, 6) is -0.265. The van der Waals surface area contributed by atoms with Gasteiger partial charge in [0.1, 0.15) is 11.5 Å². The molecule has 1 heterocycles. The second-order valence-electron chi connectivity index (χ2n) is 5.89. The highest BCUT2D eigenvalue weighted by Gasteiger charge is 2.15. The maximum absolute atomic E-state index is 11.9. The fourth-order valence-corrected chi connectivity index (χ4v) is 2.33. The third kappa shape index (κ3) is 6.02. The zero-order valence-corrected chi connectivity index (χ0v) is 15.3. The first-order valence-corrected chi connectivity index (χ1v) is 8.71. The standard InChI is InChI=1S/C22H18N2O5/c25-20(13-12-18-7-4-14-28-18)29-19-10-8-16(9-11-19)15-23-24-22(27)21(26)17-5-2-1-3-6-17/h1-15,21,26H,(H,24,27)/b13-12+,23-15-/t21-/m1/s1. The third-order valence-electron chi connectivity index (χ3n) is 3.78. The van der Waals surface area contributed by atoms with Gasteiger partial charge in [0.25, 0.3) is 5.91 Å². The van der Waals surface area contributed by atoms with Gasteiger partial charge in [-0.05, 0) is 53.6 Å². The van der Waals surface area contributed by atoms with E-state index in [2.05, 4.69) is 10.5 Å². The van der Waals surface area contributed by atoms with E-state index in [1.54, 1.807) is 66.7 Å². The fourth-order valence-electron chi connectivity index (χ4n) is 2.33. The molecule has 0 bridgehead atoms. The number of aliphatic hydroxyl groups excluding tert-OH is 1. The Morgan fingerprint density at radius 1 is 1.03 bits per heavy atom. The molecule has 0 saturated carbocycles. The van der Waals surface area contributed by atoms with Crippen molar-refractivity contribution in [3.8, 4) is 5.75 Å². The fraction of sp³-hybridized carbons (Fsp3) is 0.0455. The van der Waals surface area contributed by atoms with E-state index in [-0.39, 0.29) is 0 Å². The van der Waals surface area contributed by atoms with Crippen LogP contribution >= 0.6 is 0 Å². The van der Waals surface area contributed by atoms with E-state index in [9.17, 15) is 14.7 Å². The van der Waals surface area contributed by atoms with E-state index < -0.39 is 18.0 Å². The molecule has 0 aliphatic heterocycles. The lowest BCUT2D eigenvalue weighted by atomic mass is 10.1. The predicted octanol–water partition coefficient (Wildman–Crippen LogP) is 3.08. The smallest absolute Gasteiger partial charge is 0.336 e. The van der Waals surface area contributed by atoms with Gasteiger partial charge in [-0.15, -0.1) is 0 Å². The Balaban J connectivity index is 1.49. The Hall–Kier alpha value is -3.97. The van der Waals surface area contributed by atoms with Gasteiger partial charge in [0.05, 0.1) is 12.5 Å². The minimum atomic E-state index is -1.30. The van der Waals surface area contributed by atoms with Gasteiger partial charge >= 0.3 is 5.97 Å². The van der Waals surface area contributed by atoms with Gasteiger partial charge in [-0.2, -0.15) is 5.10 Å². The largest absolute Gasteiger partial charge is 0.465 e. The molecule has 2 N–H and O–H groups in total. The Bertz CT molecular complexity index is 993. The molecule has 1 aromatic heterocycles. The van der Waals surface area contributed by atoms with Crippen molar-refractivity contribution >= 4 is 24.2 Å². The number of nitrogens with zero attached hydrogens (tertiary/aromatic N) is 1. The topological polar surface area (TPSA) is 101 Å². The summed E-state index contributed by atoms with van der Waals surface area (Å²) in [6, 6.07) is 18.5. The third-order valence-corrected chi connectivity index (χ3v) is 3.78. The number of hydrogen-bond acceptors (Lipinski definition) is 6. The SMILES string of the molecule is O=C(/C=C/c1ccco1)Oc1ccc(/C=N\NC(=O)[C@H](O)c2ccccc2)cc1.